The summed E-state index contributed by atoms with van der Waals surface area (Å²) in [7, 11) is 0. The highest BCUT2D eigenvalue weighted by molar-refractivity contribution is 9.10. The second-order valence-corrected chi connectivity index (χ2v) is 6.45. The molecule has 1 heterocycles. The number of benzene rings is 1. The Labute approximate surface area is 119 Å². The molecule has 0 bridgehead atoms. The minimum absolute atomic E-state index is 0.0268. The van der Waals surface area contributed by atoms with Crippen molar-refractivity contribution in [2.75, 3.05) is 11.5 Å². The van der Waals surface area contributed by atoms with Crippen molar-refractivity contribution in [3.05, 3.63) is 33.3 Å². The molecule has 0 spiro atoms. The second kappa shape index (κ2) is 6.12. The molecule has 0 saturated carbocycles. The van der Waals surface area contributed by atoms with E-state index in [2.05, 4.69) is 21.2 Å². The molecule has 1 amide bonds. The lowest BCUT2D eigenvalue weighted by molar-refractivity contribution is 0.0938. The number of carbonyl (C=O) groups excluding carboxylic acids is 1. The van der Waals surface area contributed by atoms with Gasteiger partial charge >= 0.3 is 0 Å². The molecule has 0 aliphatic carbocycles. The third kappa shape index (κ3) is 3.63. The lowest BCUT2D eigenvalue weighted by Crippen LogP contribution is -2.38. The molecule has 1 aromatic carbocycles. The van der Waals surface area contributed by atoms with Crippen LogP contribution in [0.15, 0.2) is 22.7 Å². The van der Waals surface area contributed by atoms with Crippen LogP contribution in [0.5, 0.6) is 0 Å². The van der Waals surface area contributed by atoms with Crippen LogP contribution in [0.3, 0.4) is 0 Å². The van der Waals surface area contributed by atoms with Crippen LogP contribution in [-0.2, 0) is 0 Å². The van der Waals surface area contributed by atoms with Gasteiger partial charge in [0.1, 0.15) is 0 Å². The molecule has 2 nitrogen and oxygen atoms in total. The van der Waals surface area contributed by atoms with E-state index in [1.807, 2.05) is 11.8 Å². The summed E-state index contributed by atoms with van der Waals surface area (Å²) in [4.78, 5) is 12.1. The number of halogens is 2. The SMILES string of the molecule is O=C(NC1CCCSC1)c1ccc(Cl)cc1Br. The Bertz CT molecular complexity index is 421. The maximum Gasteiger partial charge on any atom is 0.252 e. The Morgan fingerprint density at radius 1 is 1.53 bits per heavy atom. The summed E-state index contributed by atoms with van der Waals surface area (Å²) in [5.41, 5.74) is 0.643. The largest absolute Gasteiger partial charge is 0.348 e. The van der Waals surface area contributed by atoms with E-state index in [-0.39, 0.29) is 5.91 Å². The first kappa shape index (κ1) is 13.2. The van der Waals surface area contributed by atoms with E-state index in [9.17, 15) is 4.79 Å². The molecule has 1 unspecified atom stereocenters. The van der Waals surface area contributed by atoms with Crippen LogP contribution in [0.1, 0.15) is 23.2 Å². The molecule has 1 aliphatic rings. The first-order valence-electron chi connectivity index (χ1n) is 5.50. The first-order chi connectivity index (χ1) is 8.16. The van der Waals surface area contributed by atoms with Gasteiger partial charge in [-0.2, -0.15) is 11.8 Å². The smallest absolute Gasteiger partial charge is 0.252 e. The molecule has 17 heavy (non-hydrogen) atoms. The molecule has 1 aromatic rings. The average Bonchev–Trinajstić information content (AvgIpc) is 2.30. The summed E-state index contributed by atoms with van der Waals surface area (Å²) in [5, 5.41) is 3.69. The van der Waals surface area contributed by atoms with Crippen LogP contribution in [0.4, 0.5) is 0 Å². The fourth-order valence-corrected chi connectivity index (χ4v) is 3.73. The highest BCUT2D eigenvalue weighted by Crippen LogP contribution is 2.22. The quantitative estimate of drug-likeness (QED) is 0.893. The van der Waals surface area contributed by atoms with Crippen molar-refractivity contribution in [3.8, 4) is 0 Å². The van der Waals surface area contributed by atoms with Gasteiger partial charge in [-0.05, 0) is 52.7 Å². The third-order valence-corrected chi connectivity index (χ3v) is 4.78. The molecule has 5 heteroatoms. The van der Waals surface area contributed by atoms with E-state index in [0.29, 0.717) is 16.6 Å². The molecule has 0 aromatic heterocycles. The van der Waals surface area contributed by atoms with Gasteiger partial charge in [0.25, 0.3) is 5.91 Å². The van der Waals surface area contributed by atoms with E-state index in [4.69, 9.17) is 11.6 Å². The molecule has 92 valence electrons. The van der Waals surface area contributed by atoms with Gasteiger partial charge in [-0.3, -0.25) is 4.79 Å². The number of rotatable bonds is 2. The van der Waals surface area contributed by atoms with E-state index >= 15 is 0 Å². The topological polar surface area (TPSA) is 29.1 Å². The van der Waals surface area contributed by atoms with Crippen molar-refractivity contribution in [3.63, 3.8) is 0 Å². The van der Waals surface area contributed by atoms with Gasteiger partial charge in [-0.1, -0.05) is 11.6 Å². The van der Waals surface area contributed by atoms with Crippen molar-refractivity contribution >= 4 is 45.2 Å². The lowest BCUT2D eigenvalue weighted by Gasteiger charge is -2.22. The number of hydrogen-bond donors (Lipinski definition) is 1. The predicted molar refractivity (Wildman–Crippen MR) is 77.0 cm³/mol. The summed E-state index contributed by atoms with van der Waals surface area (Å²) in [5.74, 6) is 2.19. The fourth-order valence-electron chi connectivity index (χ4n) is 1.79. The van der Waals surface area contributed by atoms with E-state index in [1.54, 1.807) is 18.2 Å². The van der Waals surface area contributed by atoms with Crippen molar-refractivity contribution in [2.45, 2.75) is 18.9 Å². The molecular formula is C12H13BrClNOS. The van der Waals surface area contributed by atoms with Gasteiger partial charge in [0.05, 0.1) is 5.56 Å². The summed E-state index contributed by atoms with van der Waals surface area (Å²) in [6.07, 6.45) is 2.25. The summed E-state index contributed by atoms with van der Waals surface area (Å²) >= 11 is 11.1. The fraction of sp³-hybridized carbons (Fsp3) is 0.417. The van der Waals surface area contributed by atoms with Crippen LogP contribution in [0.25, 0.3) is 0 Å². The monoisotopic (exact) mass is 333 g/mol. The highest BCUT2D eigenvalue weighted by atomic mass is 79.9. The standard InChI is InChI=1S/C12H13BrClNOS/c13-11-6-8(14)3-4-10(11)12(16)15-9-2-1-5-17-7-9/h3-4,6,9H,1-2,5,7H2,(H,15,16). The molecule has 1 atom stereocenters. The number of thioether (sulfide) groups is 1. The third-order valence-electron chi connectivity index (χ3n) is 2.67. The highest BCUT2D eigenvalue weighted by Gasteiger charge is 2.18. The Hall–Kier alpha value is -0.190. The van der Waals surface area contributed by atoms with E-state index < -0.39 is 0 Å². The molecular weight excluding hydrogens is 322 g/mol. The van der Waals surface area contributed by atoms with Gasteiger partial charge < -0.3 is 5.32 Å². The maximum absolute atomic E-state index is 12.1. The number of carbonyl (C=O) groups is 1. The average molecular weight is 335 g/mol. The van der Waals surface area contributed by atoms with E-state index in [0.717, 1.165) is 16.6 Å². The summed E-state index contributed by atoms with van der Waals surface area (Å²) in [6, 6.07) is 5.52. The molecule has 0 radical (unpaired) electrons. The number of nitrogens with one attached hydrogen (secondary N) is 1. The Morgan fingerprint density at radius 3 is 3.00 bits per heavy atom. The van der Waals surface area contributed by atoms with Crippen LogP contribution >= 0.6 is 39.3 Å². The molecule has 2 rings (SSSR count). The first-order valence-corrected chi connectivity index (χ1v) is 7.83. The Kier molecular flexibility index (Phi) is 4.77. The van der Waals surface area contributed by atoms with Gasteiger partial charge in [0, 0.05) is 21.3 Å². The van der Waals surface area contributed by atoms with Crippen molar-refractivity contribution < 1.29 is 4.79 Å². The number of hydrogen-bond acceptors (Lipinski definition) is 2. The van der Waals surface area contributed by atoms with E-state index in [1.165, 1.54) is 12.2 Å². The summed E-state index contributed by atoms with van der Waals surface area (Å²) in [6.45, 7) is 0. The molecule has 1 saturated heterocycles. The minimum atomic E-state index is -0.0268. The second-order valence-electron chi connectivity index (χ2n) is 4.01. The van der Waals surface area contributed by atoms with Crippen LogP contribution in [0, 0.1) is 0 Å². The molecule has 1 fully saturated rings. The summed E-state index contributed by atoms with van der Waals surface area (Å²) < 4.78 is 0.742. The van der Waals surface area contributed by atoms with Gasteiger partial charge in [0.15, 0.2) is 0 Å². The maximum atomic E-state index is 12.1. The van der Waals surface area contributed by atoms with Gasteiger partial charge in [-0.15, -0.1) is 0 Å². The Morgan fingerprint density at radius 2 is 2.35 bits per heavy atom. The minimum Gasteiger partial charge on any atom is -0.348 e. The van der Waals surface area contributed by atoms with Crippen LogP contribution in [0.2, 0.25) is 5.02 Å². The van der Waals surface area contributed by atoms with Crippen LogP contribution in [-0.4, -0.2) is 23.5 Å². The van der Waals surface area contributed by atoms with Crippen molar-refractivity contribution in [2.24, 2.45) is 0 Å². The van der Waals surface area contributed by atoms with Gasteiger partial charge in [0.2, 0.25) is 0 Å². The van der Waals surface area contributed by atoms with Gasteiger partial charge in [-0.25, -0.2) is 0 Å². The zero-order valence-electron chi connectivity index (χ0n) is 9.21. The zero-order valence-corrected chi connectivity index (χ0v) is 12.4. The molecule has 1 aliphatic heterocycles. The zero-order chi connectivity index (χ0) is 12.3. The predicted octanol–water partition coefficient (Wildman–Crippen LogP) is 3.73. The van der Waals surface area contributed by atoms with Crippen molar-refractivity contribution in [1.29, 1.82) is 0 Å². The molecule has 1 N–H and O–H groups in total. The normalized spacial score (nSPS) is 20.0. The number of amides is 1. The lowest BCUT2D eigenvalue weighted by atomic mass is 10.1. The van der Waals surface area contributed by atoms with Crippen molar-refractivity contribution in [1.82, 2.24) is 5.32 Å². The Balaban J connectivity index is 2.03. The van der Waals surface area contributed by atoms with Crippen LogP contribution < -0.4 is 5.32 Å².